The molecule has 0 atom stereocenters. The highest BCUT2D eigenvalue weighted by molar-refractivity contribution is 5.96. The van der Waals surface area contributed by atoms with Gasteiger partial charge in [0.05, 0.1) is 22.6 Å². The van der Waals surface area contributed by atoms with Gasteiger partial charge < -0.3 is 20.4 Å². The highest BCUT2D eigenvalue weighted by Gasteiger charge is 2.19. The fourth-order valence-electron chi connectivity index (χ4n) is 2.62. The summed E-state index contributed by atoms with van der Waals surface area (Å²) < 4.78 is 0. The molecule has 0 spiro atoms. The van der Waals surface area contributed by atoms with Crippen molar-refractivity contribution < 1.29 is 29.5 Å². The van der Waals surface area contributed by atoms with E-state index in [9.17, 15) is 24.5 Å². The molecule has 0 bridgehead atoms. The molecule has 0 radical (unpaired) electrons. The molecule has 3 N–H and O–H groups in total. The van der Waals surface area contributed by atoms with Crippen LogP contribution in [0, 0.1) is 17.0 Å². The van der Waals surface area contributed by atoms with E-state index in [1.807, 2.05) is 0 Å². The van der Waals surface area contributed by atoms with Crippen molar-refractivity contribution in [3.63, 3.8) is 0 Å². The smallest absolute Gasteiger partial charge is 0.335 e. The van der Waals surface area contributed by atoms with E-state index in [2.05, 4.69) is 5.32 Å². The summed E-state index contributed by atoms with van der Waals surface area (Å²) in [6, 6.07) is 10.0. The molecule has 0 saturated carbocycles. The molecule has 2 aromatic rings. The van der Waals surface area contributed by atoms with Crippen LogP contribution in [0.3, 0.4) is 0 Å². The molecule has 1 saturated heterocycles. The molecule has 2 aromatic carbocycles. The number of hydrogen-bond donors (Lipinski definition) is 3. The van der Waals surface area contributed by atoms with Crippen LogP contribution in [0.5, 0.6) is 0 Å². The van der Waals surface area contributed by atoms with E-state index in [4.69, 9.17) is 10.2 Å². The molecule has 0 aliphatic carbocycles. The molecule has 10 nitrogen and oxygen atoms in total. The van der Waals surface area contributed by atoms with Crippen LogP contribution in [-0.4, -0.2) is 52.6 Å². The third kappa shape index (κ3) is 5.59. The molecule has 1 amide bonds. The summed E-state index contributed by atoms with van der Waals surface area (Å²) in [6.07, 6.45) is 0. The number of nitrogens with zero attached hydrogens (tertiary/aromatic N) is 2. The first kappa shape index (κ1) is 21.5. The SMILES string of the molecule is Cc1ccc(C(=O)O)cc1C(=O)O.O=C1CNCCN1c1ccc([N+](=O)[O-])cc1. The van der Waals surface area contributed by atoms with Crippen molar-refractivity contribution in [2.45, 2.75) is 6.92 Å². The van der Waals surface area contributed by atoms with Crippen LogP contribution in [0.4, 0.5) is 11.4 Å². The van der Waals surface area contributed by atoms with Crippen LogP contribution >= 0.6 is 0 Å². The maximum atomic E-state index is 11.5. The molecule has 29 heavy (non-hydrogen) atoms. The summed E-state index contributed by atoms with van der Waals surface area (Å²) in [4.78, 5) is 44.3. The number of anilines is 1. The van der Waals surface area contributed by atoms with Gasteiger partial charge in [-0.1, -0.05) is 6.07 Å². The largest absolute Gasteiger partial charge is 0.478 e. The average Bonchev–Trinajstić information content (AvgIpc) is 2.69. The van der Waals surface area contributed by atoms with Gasteiger partial charge in [-0.05, 0) is 36.8 Å². The van der Waals surface area contributed by atoms with Crippen LogP contribution < -0.4 is 10.2 Å². The number of nitro groups is 1. The molecular weight excluding hydrogens is 382 g/mol. The number of aryl methyl sites for hydroxylation is 1. The Morgan fingerprint density at radius 1 is 1.10 bits per heavy atom. The van der Waals surface area contributed by atoms with Crippen molar-refractivity contribution in [1.82, 2.24) is 5.32 Å². The monoisotopic (exact) mass is 401 g/mol. The second-order valence-corrected chi connectivity index (χ2v) is 6.14. The lowest BCUT2D eigenvalue weighted by Gasteiger charge is -2.27. The van der Waals surface area contributed by atoms with Crippen LogP contribution in [0.2, 0.25) is 0 Å². The molecular formula is C19H19N3O7. The summed E-state index contributed by atoms with van der Waals surface area (Å²) in [5.74, 6) is -2.25. The number of hydrogen-bond acceptors (Lipinski definition) is 6. The first-order valence-electron chi connectivity index (χ1n) is 8.53. The minimum absolute atomic E-state index is 0.0111. The number of nitrogens with one attached hydrogen (secondary N) is 1. The minimum atomic E-state index is -1.12. The first-order chi connectivity index (χ1) is 13.7. The fourth-order valence-corrected chi connectivity index (χ4v) is 2.62. The molecule has 3 rings (SSSR count). The Bertz CT molecular complexity index is 941. The van der Waals surface area contributed by atoms with Crippen LogP contribution in [-0.2, 0) is 4.79 Å². The highest BCUT2D eigenvalue weighted by atomic mass is 16.6. The van der Waals surface area contributed by atoms with Crippen molar-refractivity contribution in [2.75, 3.05) is 24.5 Å². The number of rotatable bonds is 4. The van der Waals surface area contributed by atoms with Gasteiger partial charge in [0.1, 0.15) is 0 Å². The topological polar surface area (TPSA) is 150 Å². The highest BCUT2D eigenvalue weighted by Crippen LogP contribution is 2.19. The Kier molecular flexibility index (Phi) is 6.99. The molecule has 1 aliphatic heterocycles. The van der Waals surface area contributed by atoms with Gasteiger partial charge in [-0.15, -0.1) is 0 Å². The van der Waals surface area contributed by atoms with Crippen LogP contribution in [0.15, 0.2) is 42.5 Å². The predicted molar refractivity (Wildman–Crippen MR) is 103 cm³/mol. The van der Waals surface area contributed by atoms with Gasteiger partial charge in [-0.25, -0.2) is 9.59 Å². The number of carboxylic acid groups (broad SMARTS) is 2. The summed E-state index contributed by atoms with van der Waals surface area (Å²) in [5.41, 5.74) is 1.31. The molecule has 1 fully saturated rings. The molecule has 1 heterocycles. The fraction of sp³-hybridized carbons (Fsp3) is 0.211. The van der Waals surface area contributed by atoms with Crippen LogP contribution in [0.1, 0.15) is 26.3 Å². The Balaban J connectivity index is 0.000000212. The molecule has 1 aliphatic rings. The van der Waals surface area contributed by atoms with E-state index in [1.54, 1.807) is 24.0 Å². The van der Waals surface area contributed by atoms with E-state index < -0.39 is 16.9 Å². The molecule has 152 valence electrons. The van der Waals surface area contributed by atoms with Gasteiger partial charge in [0.15, 0.2) is 0 Å². The Morgan fingerprint density at radius 3 is 2.28 bits per heavy atom. The van der Waals surface area contributed by atoms with E-state index in [-0.39, 0.29) is 22.7 Å². The lowest BCUT2D eigenvalue weighted by Crippen LogP contribution is -2.48. The van der Waals surface area contributed by atoms with Gasteiger partial charge in [0, 0.05) is 30.9 Å². The number of carboxylic acids is 2. The zero-order valence-corrected chi connectivity index (χ0v) is 15.5. The van der Waals surface area contributed by atoms with Gasteiger partial charge in [-0.3, -0.25) is 14.9 Å². The van der Waals surface area contributed by atoms with E-state index >= 15 is 0 Å². The number of aromatic carboxylic acids is 2. The zero-order chi connectivity index (χ0) is 21.6. The Morgan fingerprint density at radius 2 is 1.76 bits per heavy atom. The van der Waals surface area contributed by atoms with Crippen molar-refractivity contribution in [2.24, 2.45) is 0 Å². The van der Waals surface area contributed by atoms with Crippen molar-refractivity contribution in [3.8, 4) is 0 Å². The van der Waals surface area contributed by atoms with Crippen molar-refractivity contribution in [1.29, 1.82) is 0 Å². The van der Waals surface area contributed by atoms with Gasteiger partial charge >= 0.3 is 11.9 Å². The summed E-state index contributed by atoms with van der Waals surface area (Å²) in [5, 5.41) is 30.7. The number of piperazine rings is 1. The standard InChI is InChI=1S/C10H11N3O3.C9H8O4/c14-10-7-11-5-6-12(10)8-1-3-9(4-2-8)13(15)16;1-5-2-3-6(8(10)11)4-7(5)9(12)13/h1-4,11H,5-7H2;2-4H,1H3,(H,10,11)(H,12,13). The third-order valence-corrected chi connectivity index (χ3v) is 4.18. The third-order valence-electron chi connectivity index (χ3n) is 4.18. The minimum Gasteiger partial charge on any atom is -0.478 e. The Labute approximate surface area is 165 Å². The van der Waals surface area contributed by atoms with Gasteiger partial charge in [0.2, 0.25) is 5.91 Å². The number of non-ortho nitro benzene ring substituents is 1. The summed E-state index contributed by atoms with van der Waals surface area (Å²) in [6.45, 7) is 3.27. The lowest BCUT2D eigenvalue weighted by molar-refractivity contribution is -0.384. The maximum Gasteiger partial charge on any atom is 0.335 e. The van der Waals surface area contributed by atoms with E-state index in [1.165, 1.54) is 24.3 Å². The molecule has 0 aromatic heterocycles. The second-order valence-electron chi connectivity index (χ2n) is 6.14. The number of carbonyl (C=O) groups excluding carboxylic acids is 1. The van der Waals surface area contributed by atoms with E-state index in [0.717, 1.165) is 12.6 Å². The number of amides is 1. The first-order valence-corrected chi connectivity index (χ1v) is 8.53. The quantitative estimate of drug-likeness (QED) is 0.519. The second kappa shape index (κ2) is 9.42. The van der Waals surface area contributed by atoms with Crippen molar-refractivity contribution >= 4 is 29.2 Å². The van der Waals surface area contributed by atoms with Crippen LogP contribution in [0.25, 0.3) is 0 Å². The Hall–Kier alpha value is -3.79. The predicted octanol–water partition coefficient (Wildman–Crippen LogP) is 1.92. The lowest BCUT2D eigenvalue weighted by atomic mass is 10.1. The normalized spacial score (nSPS) is 13.3. The maximum absolute atomic E-state index is 11.5. The van der Waals surface area contributed by atoms with E-state index in [0.29, 0.717) is 24.3 Å². The zero-order valence-electron chi connectivity index (χ0n) is 15.5. The number of carbonyl (C=O) groups is 3. The van der Waals surface area contributed by atoms with Gasteiger partial charge in [0.25, 0.3) is 5.69 Å². The van der Waals surface area contributed by atoms with Gasteiger partial charge in [-0.2, -0.15) is 0 Å². The number of nitro benzene ring substituents is 1. The summed E-state index contributed by atoms with van der Waals surface area (Å²) >= 11 is 0. The number of benzene rings is 2. The average molecular weight is 401 g/mol. The molecule has 0 unspecified atom stereocenters. The molecule has 10 heteroatoms. The van der Waals surface area contributed by atoms with Crippen molar-refractivity contribution in [3.05, 3.63) is 69.3 Å². The summed E-state index contributed by atoms with van der Waals surface area (Å²) in [7, 11) is 0.